The van der Waals surface area contributed by atoms with E-state index in [1.165, 1.54) is 5.57 Å². The number of carbonyl (C=O) groups excluding carboxylic acids is 1. The van der Waals surface area contributed by atoms with E-state index < -0.39 is 0 Å². The Bertz CT molecular complexity index is 417. The lowest BCUT2D eigenvalue weighted by Crippen LogP contribution is -2.52. The van der Waals surface area contributed by atoms with Crippen LogP contribution < -0.4 is 5.32 Å². The minimum atomic E-state index is -0.358. The molecule has 0 spiro atoms. The zero-order chi connectivity index (χ0) is 12.3. The molecule has 1 N–H and O–H groups in total. The van der Waals surface area contributed by atoms with Crippen LogP contribution in [-0.4, -0.2) is 11.6 Å². The summed E-state index contributed by atoms with van der Waals surface area (Å²) < 4.78 is 5.16. The van der Waals surface area contributed by atoms with E-state index in [1.54, 1.807) is 0 Å². The van der Waals surface area contributed by atoms with E-state index >= 15 is 0 Å². The van der Waals surface area contributed by atoms with Crippen LogP contribution in [0.15, 0.2) is 42.5 Å². The van der Waals surface area contributed by atoms with E-state index in [9.17, 15) is 4.79 Å². The quantitative estimate of drug-likeness (QED) is 0.812. The monoisotopic (exact) mass is 231 g/mol. The molecular formula is C14H17NO2. The van der Waals surface area contributed by atoms with E-state index in [0.29, 0.717) is 6.61 Å². The van der Waals surface area contributed by atoms with Crippen molar-refractivity contribution in [3.05, 3.63) is 48.0 Å². The highest BCUT2D eigenvalue weighted by atomic mass is 16.5. The van der Waals surface area contributed by atoms with E-state index in [0.717, 1.165) is 18.4 Å². The third kappa shape index (κ3) is 3.09. The SMILES string of the molecule is C=C1CC(C)(NC(=O)OCc2ccccc2)C1. The maximum atomic E-state index is 11.6. The normalized spacial score (nSPS) is 17.1. The van der Waals surface area contributed by atoms with Crippen molar-refractivity contribution in [1.82, 2.24) is 5.32 Å². The van der Waals surface area contributed by atoms with Crippen molar-refractivity contribution < 1.29 is 9.53 Å². The van der Waals surface area contributed by atoms with Gasteiger partial charge in [0.05, 0.1) is 0 Å². The van der Waals surface area contributed by atoms with Crippen LogP contribution in [0.5, 0.6) is 0 Å². The first-order chi connectivity index (χ1) is 8.07. The Kier molecular flexibility index (Phi) is 3.18. The van der Waals surface area contributed by atoms with Gasteiger partial charge in [-0.05, 0) is 25.3 Å². The van der Waals surface area contributed by atoms with Gasteiger partial charge in [0.15, 0.2) is 0 Å². The van der Waals surface area contributed by atoms with Crippen LogP contribution in [0.1, 0.15) is 25.3 Å². The highest BCUT2D eigenvalue weighted by Crippen LogP contribution is 2.35. The molecule has 1 saturated carbocycles. The number of alkyl carbamates (subject to hydrolysis) is 1. The largest absolute Gasteiger partial charge is 0.445 e. The molecule has 0 bridgehead atoms. The summed E-state index contributed by atoms with van der Waals surface area (Å²) >= 11 is 0. The lowest BCUT2D eigenvalue weighted by Gasteiger charge is -2.40. The number of rotatable bonds is 3. The number of nitrogens with one attached hydrogen (secondary N) is 1. The second kappa shape index (κ2) is 4.62. The minimum Gasteiger partial charge on any atom is -0.445 e. The molecular weight excluding hydrogens is 214 g/mol. The summed E-state index contributed by atoms with van der Waals surface area (Å²) in [5, 5.41) is 2.87. The van der Waals surface area contributed by atoms with Crippen LogP contribution in [-0.2, 0) is 11.3 Å². The van der Waals surface area contributed by atoms with Gasteiger partial charge < -0.3 is 10.1 Å². The van der Waals surface area contributed by atoms with Gasteiger partial charge in [-0.25, -0.2) is 4.79 Å². The first kappa shape index (κ1) is 11.7. The van der Waals surface area contributed by atoms with Gasteiger partial charge in [0, 0.05) is 5.54 Å². The van der Waals surface area contributed by atoms with Gasteiger partial charge in [0.1, 0.15) is 6.61 Å². The van der Waals surface area contributed by atoms with Crippen LogP contribution >= 0.6 is 0 Å². The number of benzene rings is 1. The molecule has 3 nitrogen and oxygen atoms in total. The molecule has 2 rings (SSSR count). The Balaban J connectivity index is 1.77. The summed E-state index contributed by atoms with van der Waals surface area (Å²) in [7, 11) is 0. The highest BCUT2D eigenvalue weighted by molar-refractivity contribution is 5.68. The first-order valence-electron chi connectivity index (χ1n) is 5.73. The zero-order valence-electron chi connectivity index (χ0n) is 10.0. The molecule has 1 aliphatic rings. The molecule has 1 fully saturated rings. The summed E-state index contributed by atoms with van der Waals surface area (Å²) in [5.41, 5.74) is 2.01. The van der Waals surface area contributed by atoms with Crippen LogP contribution in [0.25, 0.3) is 0 Å². The smallest absolute Gasteiger partial charge is 0.407 e. The molecule has 1 aromatic carbocycles. The van der Waals surface area contributed by atoms with E-state index in [-0.39, 0.29) is 11.6 Å². The molecule has 1 aliphatic carbocycles. The third-order valence-corrected chi connectivity index (χ3v) is 2.90. The van der Waals surface area contributed by atoms with Crippen molar-refractivity contribution in [2.75, 3.05) is 0 Å². The molecule has 0 aliphatic heterocycles. The highest BCUT2D eigenvalue weighted by Gasteiger charge is 2.36. The summed E-state index contributed by atoms with van der Waals surface area (Å²) in [6.45, 7) is 6.18. The van der Waals surface area contributed by atoms with Gasteiger partial charge in [0.2, 0.25) is 0 Å². The van der Waals surface area contributed by atoms with Gasteiger partial charge in [-0.2, -0.15) is 0 Å². The topological polar surface area (TPSA) is 38.3 Å². The Morgan fingerprint density at radius 2 is 2.06 bits per heavy atom. The summed E-state index contributed by atoms with van der Waals surface area (Å²) in [5.74, 6) is 0. The second-order valence-corrected chi connectivity index (χ2v) is 4.85. The third-order valence-electron chi connectivity index (χ3n) is 2.90. The Morgan fingerprint density at radius 1 is 1.41 bits per heavy atom. The molecule has 3 heteroatoms. The van der Waals surface area contributed by atoms with Crippen LogP contribution in [0.4, 0.5) is 4.79 Å². The van der Waals surface area contributed by atoms with E-state index in [2.05, 4.69) is 11.9 Å². The fourth-order valence-corrected chi connectivity index (χ4v) is 2.15. The lowest BCUT2D eigenvalue weighted by atomic mass is 9.75. The minimum absolute atomic E-state index is 0.162. The molecule has 90 valence electrons. The molecule has 0 radical (unpaired) electrons. The Hall–Kier alpha value is -1.77. The van der Waals surface area contributed by atoms with Gasteiger partial charge in [-0.15, -0.1) is 0 Å². The average Bonchev–Trinajstić information content (AvgIpc) is 2.26. The number of amides is 1. The maximum absolute atomic E-state index is 11.6. The number of ether oxygens (including phenoxy) is 1. The molecule has 1 aromatic rings. The van der Waals surface area contributed by atoms with E-state index in [4.69, 9.17) is 4.74 Å². The molecule has 0 atom stereocenters. The first-order valence-corrected chi connectivity index (χ1v) is 5.73. The lowest BCUT2D eigenvalue weighted by molar-refractivity contribution is 0.122. The van der Waals surface area contributed by atoms with Crippen molar-refractivity contribution in [3.63, 3.8) is 0 Å². The fourth-order valence-electron chi connectivity index (χ4n) is 2.15. The van der Waals surface area contributed by atoms with Crippen molar-refractivity contribution >= 4 is 6.09 Å². The number of hydrogen-bond acceptors (Lipinski definition) is 2. The molecule has 0 saturated heterocycles. The van der Waals surface area contributed by atoms with Crippen LogP contribution in [0.3, 0.4) is 0 Å². The second-order valence-electron chi connectivity index (χ2n) is 4.85. The van der Waals surface area contributed by atoms with Gasteiger partial charge >= 0.3 is 6.09 Å². The van der Waals surface area contributed by atoms with Gasteiger partial charge in [-0.3, -0.25) is 0 Å². The predicted octanol–water partition coefficient (Wildman–Crippen LogP) is 3.02. The van der Waals surface area contributed by atoms with Crippen LogP contribution in [0.2, 0.25) is 0 Å². The van der Waals surface area contributed by atoms with Gasteiger partial charge in [-0.1, -0.05) is 42.5 Å². The average molecular weight is 231 g/mol. The molecule has 0 aromatic heterocycles. The van der Waals surface area contributed by atoms with Crippen molar-refractivity contribution in [1.29, 1.82) is 0 Å². The molecule has 17 heavy (non-hydrogen) atoms. The van der Waals surface area contributed by atoms with Crippen molar-refractivity contribution in [2.45, 2.75) is 31.9 Å². The number of hydrogen-bond donors (Lipinski definition) is 1. The van der Waals surface area contributed by atoms with Crippen molar-refractivity contribution in [2.24, 2.45) is 0 Å². The summed E-state index contributed by atoms with van der Waals surface area (Å²) in [6, 6.07) is 9.65. The van der Waals surface area contributed by atoms with Crippen molar-refractivity contribution in [3.8, 4) is 0 Å². The standard InChI is InChI=1S/C14H17NO2/c1-11-8-14(2,9-11)15-13(16)17-10-12-6-4-3-5-7-12/h3-7H,1,8-10H2,2H3,(H,15,16). The molecule has 0 heterocycles. The molecule has 1 amide bonds. The Labute approximate surface area is 101 Å². The zero-order valence-corrected chi connectivity index (χ0v) is 10.0. The predicted molar refractivity (Wildman–Crippen MR) is 66.5 cm³/mol. The fraction of sp³-hybridized carbons (Fsp3) is 0.357. The van der Waals surface area contributed by atoms with Gasteiger partial charge in [0.25, 0.3) is 0 Å². The molecule has 0 unspecified atom stereocenters. The maximum Gasteiger partial charge on any atom is 0.407 e. The summed E-state index contributed by atoms with van der Waals surface area (Å²) in [6.07, 6.45) is 1.32. The van der Waals surface area contributed by atoms with E-state index in [1.807, 2.05) is 37.3 Å². The van der Waals surface area contributed by atoms with Crippen LogP contribution in [0, 0.1) is 0 Å². The Morgan fingerprint density at radius 3 is 2.65 bits per heavy atom. The number of carbonyl (C=O) groups is 1. The summed E-state index contributed by atoms with van der Waals surface area (Å²) in [4.78, 5) is 11.6.